The van der Waals surface area contributed by atoms with Crippen LogP contribution in [0.4, 0.5) is 4.39 Å². The number of aromatic nitrogens is 2. The Bertz CT molecular complexity index is 531. The molecule has 1 aromatic heterocycles. The Labute approximate surface area is 117 Å². The van der Waals surface area contributed by atoms with Gasteiger partial charge in [-0.05, 0) is 12.1 Å². The van der Waals surface area contributed by atoms with E-state index in [9.17, 15) is 4.39 Å². The maximum atomic E-state index is 13.9. The quantitative estimate of drug-likeness (QED) is 0.807. The molecule has 108 valence electrons. The fourth-order valence-electron chi connectivity index (χ4n) is 2.06. The van der Waals surface area contributed by atoms with Crippen molar-refractivity contribution >= 4 is 0 Å². The third-order valence-electron chi connectivity index (χ3n) is 3.02. The molecule has 20 heavy (non-hydrogen) atoms. The van der Waals surface area contributed by atoms with Crippen LogP contribution in [0, 0.1) is 5.82 Å². The molecule has 0 bridgehead atoms. The molecule has 2 rings (SSSR count). The van der Waals surface area contributed by atoms with Gasteiger partial charge >= 0.3 is 0 Å². The summed E-state index contributed by atoms with van der Waals surface area (Å²) in [5.74, 6) is 0.966. The Hall–Kier alpha value is -1.92. The molecule has 0 amide bonds. The largest absolute Gasteiger partial charge is 0.496 e. The first-order chi connectivity index (χ1) is 9.74. The van der Waals surface area contributed by atoms with Crippen LogP contribution in [0.15, 0.2) is 30.6 Å². The van der Waals surface area contributed by atoms with E-state index in [4.69, 9.17) is 9.84 Å². The topological polar surface area (TPSA) is 61.4 Å². The van der Waals surface area contributed by atoms with Gasteiger partial charge in [-0.25, -0.2) is 9.37 Å². The molecule has 5 nitrogen and oxygen atoms in total. The summed E-state index contributed by atoms with van der Waals surface area (Å²) in [4.78, 5) is 9.04. The second kappa shape index (κ2) is 7.02. The lowest BCUT2D eigenvalue weighted by molar-refractivity contribution is 0.178. The molecule has 1 heterocycles. The first kappa shape index (κ1) is 14.5. The van der Waals surface area contributed by atoms with E-state index >= 15 is 0 Å². The Morgan fingerprint density at radius 1 is 1.40 bits per heavy atom. The van der Waals surface area contributed by atoms with E-state index in [1.165, 1.54) is 13.2 Å². The van der Waals surface area contributed by atoms with E-state index in [0.29, 0.717) is 30.9 Å². The van der Waals surface area contributed by atoms with Crippen molar-refractivity contribution in [3.8, 4) is 5.75 Å². The van der Waals surface area contributed by atoms with Gasteiger partial charge in [-0.3, -0.25) is 4.90 Å². The number of H-pyrrole nitrogens is 1. The number of hydrogen-bond acceptors (Lipinski definition) is 4. The molecular formula is C14H18FN3O2. The number of hydrogen-bond donors (Lipinski definition) is 2. The van der Waals surface area contributed by atoms with Crippen LogP contribution in [0.25, 0.3) is 0 Å². The molecule has 2 aromatic rings. The lowest BCUT2D eigenvalue weighted by atomic mass is 10.1. The third kappa shape index (κ3) is 3.55. The van der Waals surface area contributed by atoms with Gasteiger partial charge in [0.25, 0.3) is 0 Å². The zero-order valence-corrected chi connectivity index (χ0v) is 11.3. The molecule has 0 spiro atoms. The van der Waals surface area contributed by atoms with Gasteiger partial charge < -0.3 is 14.8 Å². The van der Waals surface area contributed by atoms with Crippen LogP contribution in [0.1, 0.15) is 11.4 Å². The number of nitrogens with zero attached hydrogens (tertiary/aromatic N) is 2. The highest BCUT2D eigenvalue weighted by Crippen LogP contribution is 2.23. The van der Waals surface area contributed by atoms with Gasteiger partial charge in [-0.1, -0.05) is 6.07 Å². The van der Waals surface area contributed by atoms with Gasteiger partial charge in [0.05, 0.1) is 20.3 Å². The summed E-state index contributed by atoms with van der Waals surface area (Å²) in [6.07, 6.45) is 3.40. The number of nitrogens with one attached hydrogen (secondary N) is 1. The van der Waals surface area contributed by atoms with Crippen LogP contribution in [0.5, 0.6) is 5.75 Å². The monoisotopic (exact) mass is 279 g/mol. The summed E-state index contributed by atoms with van der Waals surface area (Å²) < 4.78 is 19.1. The average molecular weight is 279 g/mol. The first-order valence-electron chi connectivity index (χ1n) is 6.37. The number of benzene rings is 1. The molecule has 1 aromatic carbocycles. The number of aliphatic hydroxyl groups is 1. The average Bonchev–Trinajstić information content (AvgIpc) is 2.94. The second-order valence-electron chi connectivity index (χ2n) is 4.39. The van der Waals surface area contributed by atoms with Gasteiger partial charge in [0.1, 0.15) is 17.4 Å². The number of imidazole rings is 1. The second-order valence-corrected chi connectivity index (χ2v) is 4.39. The van der Waals surface area contributed by atoms with E-state index in [1.54, 1.807) is 24.5 Å². The van der Waals surface area contributed by atoms with Crippen molar-refractivity contribution in [2.45, 2.75) is 13.1 Å². The molecule has 0 aliphatic rings. The van der Waals surface area contributed by atoms with Crippen molar-refractivity contribution in [3.05, 3.63) is 47.8 Å². The van der Waals surface area contributed by atoms with Crippen LogP contribution in [0.3, 0.4) is 0 Å². The highest BCUT2D eigenvalue weighted by molar-refractivity contribution is 5.34. The van der Waals surface area contributed by atoms with E-state index < -0.39 is 0 Å². The molecule has 0 saturated carbocycles. The first-order valence-corrected chi connectivity index (χ1v) is 6.37. The van der Waals surface area contributed by atoms with Crippen molar-refractivity contribution in [3.63, 3.8) is 0 Å². The Balaban J connectivity index is 2.15. The number of aliphatic hydroxyl groups excluding tert-OH is 1. The summed E-state index contributed by atoms with van der Waals surface area (Å²) in [6.45, 7) is 1.28. The van der Waals surface area contributed by atoms with Gasteiger partial charge in [0.15, 0.2) is 0 Å². The summed E-state index contributed by atoms with van der Waals surface area (Å²) in [5.41, 5.74) is 0.481. The number of rotatable bonds is 7. The predicted octanol–water partition coefficient (Wildman–Crippen LogP) is 1.55. The van der Waals surface area contributed by atoms with Crippen LogP contribution in [-0.4, -0.2) is 40.2 Å². The van der Waals surface area contributed by atoms with E-state index in [-0.39, 0.29) is 12.4 Å². The Kier molecular flexibility index (Phi) is 5.09. The molecule has 2 N–H and O–H groups in total. The minimum atomic E-state index is -0.313. The van der Waals surface area contributed by atoms with Crippen LogP contribution in [0.2, 0.25) is 0 Å². The van der Waals surface area contributed by atoms with Crippen LogP contribution in [-0.2, 0) is 13.1 Å². The van der Waals surface area contributed by atoms with Gasteiger partial charge in [-0.2, -0.15) is 0 Å². The molecule has 0 aliphatic heterocycles. The Morgan fingerprint density at radius 2 is 2.25 bits per heavy atom. The highest BCUT2D eigenvalue weighted by Gasteiger charge is 2.14. The summed E-state index contributed by atoms with van der Waals surface area (Å²) in [6, 6.07) is 4.74. The van der Waals surface area contributed by atoms with Gasteiger partial charge in [0, 0.05) is 31.0 Å². The highest BCUT2D eigenvalue weighted by atomic mass is 19.1. The summed E-state index contributed by atoms with van der Waals surface area (Å²) in [5, 5.41) is 9.14. The van der Waals surface area contributed by atoms with Gasteiger partial charge in [-0.15, -0.1) is 0 Å². The molecule has 0 radical (unpaired) electrons. The maximum Gasteiger partial charge on any atom is 0.131 e. The van der Waals surface area contributed by atoms with E-state index in [2.05, 4.69) is 9.97 Å². The standard InChI is InChI=1S/C14H18FN3O2/c1-20-13-4-2-3-12(15)11(13)9-18(7-8-19)10-14-16-5-6-17-14/h2-6,19H,7-10H2,1H3,(H,16,17). The lowest BCUT2D eigenvalue weighted by Crippen LogP contribution is -2.27. The fraction of sp³-hybridized carbons (Fsp3) is 0.357. The van der Waals surface area contributed by atoms with Crippen molar-refractivity contribution < 1.29 is 14.2 Å². The summed E-state index contributed by atoms with van der Waals surface area (Å²) >= 11 is 0. The van der Waals surface area contributed by atoms with Crippen LogP contribution >= 0.6 is 0 Å². The van der Waals surface area contributed by atoms with E-state index in [1.807, 2.05) is 4.90 Å². The maximum absolute atomic E-state index is 13.9. The van der Waals surface area contributed by atoms with Gasteiger partial charge in [0.2, 0.25) is 0 Å². The van der Waals surface area contributed by atoms with E-state index in [0.717, 1.165) is 5.82 Å². The lowest BCUT2D eigenvalue weighted by Gasteiger charge is -2.21. The molecule has 0 saturated heterocycles. The minimum absolute atomic E-state index is 0.00250. The molecule has 0 fully saturated rings. The van der Waals surface area contributed by atoms with Crippen molar-refractivity contribution in [1.82, 2.24) is 14.9 Å². The number of ether oxygens (including phenoxy) is 1. The SMILES string of the molecule is COc1cccc(F)c1CN(CCO)Cc1ncc[nH]1. The zero-order chi connectivity index (χ0) is 14.4. The molecule has 6 heteroatoms. The molecular weight excluding hydrogens is 261 g/mol. The van der Waals surface area contributed by atoms with Crippen LogP contribution < -0.4 is 4.74 Å². The molecule has 0 aliphatic carbocycles. The minimum Gasteiger partial charge on any atom is -0.496 e. The fourth-order valence-corrected chi connectivity index (χ4v) is 2.06. The third-order valence-corrected chi connectivity index (χ3v) is 3.02. The number of aromatic amines is 1. The van der Waals surface area contributed by atoms with Crippen molar-refractivity contribution in [2.75, 3.05) is 20.3 Å². The normalized spacial score (nSPS) is 11.0. The number of methoxy groups -OCH3 is 1. The molecule has 0 unspecified atom stereocenters. The van der Waals surface area contributed by atoms with Crippen molar-refractivity contribution in [2.24, 2.45) is 0 Å². The zero-order valence-electron chi connectivity index (χ0n) is 11.3. The molecule has 0 atom stereocenters. The van der Waals surface area contributed by atoms with Crippen molar-refractivity contribution in [1.29, 1.82) is 0 Å². The predicted molar refractivity (Wildman–Crippen MR) is 72.7 cm³/mol. The Morgan fingerprint density at radius 3 is 2.90 bits per heavy atom. The summed E-state index contributed by atoms with van der Waals surface area (Å²) in [7, 11) is 1.52. The number of halogens is 1. The smallest absolute Gasteiger partial charge is 0.131 e.